The second kappa shape index (κ2) is 3.65. The molecule has 1 aliphatic carbocycles. The summed E-state index contributed by atoms with van der Waals surface area (Å²) in [4.78, 5) is 11.0. The lowest BCUT2D eigenvalue weighted by molar-refractivity contribution is 0.798. The monoisotopic (exact) mass is 201 g/mol. The summed E-state index contributed by atoms with van der Waals surface area (Å²) in [6.45, 7) is 2.07. The van der Waals surface area contributed by atoms with Gasteiger partial charge in [0.2, 0.25) is 0 Å². The van der Waals surface area contributed by atoms with Crippen LogP contribution in [0.15, 0.2) is 24.5 Å². The molecular formula is C12H15N3. The molecule has 1 aliphatic heterocycles. The minimum absolute atomic E-state index is 0.715. The summed E-state index contributed by atoms with van der Waals surface area (Å²) in [5.74, 6) is 1.81. The molecule has 2 heterocycles. The van der Waals surface area contributed by atoms with Crippen molar-refractivity contribution < 1.29 is 0 Å². The molecule has 2 aliphatic rings. The van der Waals surface area contributed by atoms with Crippen molar-refractivity contribution in [3.05, 3.63) is 30.2 Å². The van der Waals surface area contributed by atoms with Crippen LogP contribution >= 0.6 is 0 Å². The molecule has 0 aromatic carbocycles. The zero-order valence-electron chi connectivity index (χ0n) is 8.76. The molecule has 0 atom stereocenters. The van der Waals surface area contributed by atoms with Crippen LogP contribution in [0.2, 0.25) is 0 Å². The predicted octanol–water partition coefficient (Wildman–Crippen LogP) is 2.12. The Bertz CT molecular complexity index is 382. The molecule has 0 spiro atoms. The minimum Gasteiger partial charge on any atom is -0.352 e. The molecule has 1 aromatic heterocycles. The van der Waals surface area contributed by atoms with Crippen molar-refractivity contribution in [1.29, 1.82) is 0 Å². The van der Waals surface area contributed by atoms with E-state index in [9.17, 15) is 0 Å². The summed E-state index contributed by atoms with van der Waals surface area (Å²) < 4.78 is 0. The number of aromatic nitrogens is 2. The van der Waals surface area contributed by atoms with Crippen molar-refractivity contribution in [2.24, 2.45) is 0 Å². The smallest absolute Gasteiger partial charge is 0.132 e. The first-order valence-electron chi connectivity index (χ1n) is 5.65. The number of nitrogens with zero attached hydrogens (tertiary/aromatic N) is 3. The van der Waals surface area contributed by atoms with E-state index < -0.39 is 0 Å². The van der Waals surface area contributed by atoms with Crippen LogP contribution in [0, 0.1) is 0 Å². The second-order valence-corrected chi connectivity index (χ2v) is 4.28. The van der Waals surface area contributed by atoms with E-state index in [4.69, 9.17) is 0 Å². The highest BCUT2D eigenvalue weighted by atomic mass is 15.2. The van der Waals surface area contributed by atoms with Gasteiger partial charge in [-0.2, -0.15) is 0 Å². The van der Waals surface area contributed by atoms with E-state index in [1.165, 1.54) is 18.5 Å². The Morgan fingerprint density at radius 3 is 2.87 bits per heavy atom. The van der Waals surface area contributed by atoms with Crippen LogP contribution in [-0.2, 0) is 0 Å². The van der Waals surface area contributed by atoms with E-state index in [2.05, 4.69) is 33.1 Å². The number of hydrogen-bond donors (Lipinski definition) is 0. The zero-order valence-corrected chi connectivity index (χ0v) is 8.76. The Morgan fingerprint density at radius 2 is 2.13 bits per heavy atom. The standard InChI is InChI=1S/C12H15N3/c1-2-6-15(7-3-1)12-8-11(10-4-5-10)13-9-14-12/h1-2,8-10H,3-7H2. The van der Waals surface area contributed by atoms with Crippen molar-refractivity contribution in [1.82, 2.24) is 9.97 Å². The largest absolute Gasteiger partial charge is 0.352 e. The summed E-state index contributed by atoms with van der Waals surface area (Å²) in [6, 6.07) is 2.16. The van der Waals surface area contributed by atoms with Crippen molar-refractivity contribution in [3.8, 4) is 0 Å². The molecule has 0 bridgehead atoms. The molecule has 1 aromatic rings. The molecule has 3 nitrogen and oxygen atoms in total. The van der Waals surface area contributed by atoms with E-state index in [-0.39, 0.29) is 0 Å². The second-order valence-electron chi connectivity index (χ2n) is 4.28. The molecule has 0 amide bonds. The predicted molar refractivity (Wildman–Crippen MR) is 60.0 cm³/mol. The molecule has 0 saturated heterocycles. The number of rotatable bonds is 2. The lowest BCUT2D eigenvalue weighted by Crippen LogP contribution is -2.27. The van der Waals surface area contributed by atoms with Gasteiger partial charge in [0.05, 0.1) is 0 Å². The summed E-state index contributed by atoms with van der Waals surface area (Å²) in [6.07, 6.45) is 9.89. The molecule has 3 heteroatoms. The Balaban J connectivity index is 1.83. The van der Waals surface area contributed by atoms with Crippen molar-refractivity contribution in [2.75, 3.05) is 18.0 Å². The normalized spacial score (nSPS) is 20.7. The van der Waals surface area contributed by atoms with Gasteiger partial charge >= 0.3 is 0 Å². The van der Waals surface area contributed by atoms with Crippen molar-refractivity contribution in [3.63, 3.8) is 0 Å². The van der Waals surface area contributed by atoms with E-state index >= 15 is 0 Å². The van der Waals surface area contributed by atoms with Crippen LogP contribution in [0.4, 0.5) is 5.82 Å². The maximum absolute atomic E-state index is 4.35. The lowest BCUT2D eigenvalue weighted by Gasteiger charge is -2.24. The summed E-state index contributed by atoms with van der Waals surface area (Å²) >= 11 is 0. The SMILES string of the molecule is C1=CCN(c2cc(C3CC3)ncn2)CC1. The van der Waals surface area contributed by atoms with Gasteiger partial charge < -0.3 is 4.90 Å². The molecule has 0 unspecified atom stereocenters. The highest BCUT2D eigenvalue weighted by Gasteiger charge is 2.25. The summed E-state index contributed by atoms with van der Waals surface area (Å²) in [5.41, 5.74) is 1.23. The molecule has 1 saturated carbocycles. The number of anilines is 1. The lowest BCUT2D eigenvalue weighted by atomic mass is 10.2. The average molecular weight is 201 g/mol. The van der Waals surface area contributed by atoms with E-state index in [1.807, 2.05) is 0 Å². The third-order valence-electron chi connectivity index (χ3n) is 3.05. The fourth-order valence-corrected chi connectivity index (χ4v) is 1.99. The molecule has 3 rings (SSSR count). The molecule has 15 heavy (non-hydrogen) atoms. The van der Waals surface area contributed by atoms with Gasteiger partial charge in [-0.25, -0.2) is 9.97 Å². The van der Waals surface area contributed by atoms with Gasteiger partial charge in [-0.05, 0) is 19.3 Å². The third-order valence-corrected chi connectivity index (χ3v) is 3.05. The molecule has 0 N–H and O–H groups in total. The topological polar surface area (TPSA) is 29.0 Å². The molecule has 0 radical (unpaired) electrons. The van der Waals surface area contributed by atoms with Gasteiger partial charge in [0, 0.05) is 30.8 Å². The highest BCUT2D eigenvalue weighted by Crippen LogP contribution is 2.39. The Morgan fingerprint density at radius 1 is 1.20 bits per heavy atom. The van der Waals surface area contributed by atoms with Crippen LogP contribution in [0.1, 0.15) is 30.9 Å². The fourth-order valence-electron chi connectivity index (χ4n) is 1.99. The van der Waals surface area contributed by atoms with Crippen molar-refractivity contribution in [2.45, 2.75) is 25.2 Å². The molecular weight excluding hydrogens is 186 g/mol. The minimum atomic E-state index is 0.715. The van der Waals surface area contributed by atoms with Crippen LogP contribution < -0.4 is 4.90 Å². The molecule has 1 fully saturated rings. The summed E-state index contributed by atoms with van der Waals surface area (Å²) in [5, 5.41) is 0. The maximum atomic E-state index is 4.35. The maximum Gasteiger partial charge on any atom is 0.132 e. The molecule has 78 valence electrons. The van der Waals surface area contributed by atoms with Gasteiger partial charge in [-0.15, -0.1) is 0 Å². The van der Waals surface area contributed by atoms with E-state index in [0.29, 0.717) is 5.92 Å². The summed E-state index contributed by atoms with van der Waals surface area (Å²) in [7, 11) is 0. The first-order valence-corrected chi connectivity index (χ1v) is 5.65. The van der Waals surface area contributed by atoms with Crippen LogP contribution in [0.3, 0.4) is 0 Å². The van der Waals surface area contributed by atoms with Gasteiger partial charge in [0.15, 0.2) is 0 Å². The van der Waals surface area contributed by atoms with E-state index in [0.717, 1.165) is 25.3 Å². The van der Waals surface area contributed by atoms with Crippen LogP contribution in [-0.4, -0.2) is 23.1 Å². The first kappa shape index (κ1) is 8.89. The Kier molecular flexibility index (Phi) is 2.16. The van der Waals surface area contributed by atoms with Gasteiger partial charge in [-0.3, -0.25) is 0 Å². The van der Waals surface area contributed by atoms with Gasteiger partial charge in [0.1, 0.15) is 12.1 Å². The third kappa shape index (κ3) is 1.87. The van der Waals surface area contributed by atoms with Crippen LogP contribution in [0.5, 0.6) is 0 Å². The van der Waals surface area contributed by atoms with Gasteiger partial charge in [0.25, 0.3) is 0 Å². The van der Waals surface area contributed by atoms with Crippen LogP contribution in [0.25, 0.3) is 0 Å². The zero-order chi connectivity index (χ0) is 10.1. The Hall–Kier alpha value is -1.38. The highest BCUT2D eigenvalue weighted by molar-refractivity contribution is 5.42. The Labute approximate surface area is 89.8 Å². The van der Waals surface area contributed by atoms with E-state index in [1.54, 1.807) is 6.33 Å². The quantitative estimate of drug-likeness (QED) is 0.686. The first-order chi connectivity index (χ1) is 7.43. The van der Waals surface area contributed by atoms with Crippen molar-refractivity contribution >= 4 is 5.82 Å². The average Bonchev–Trinajstić information content (AvgIpc) is 3.14. The number of hydrogen-bond acceptors (Lipinski definition) is 3. The fraction of sp³-hybridized carbons (Fsp3) is 0.500. The van der Waals surface area contributed by atoms with Gasteiger partial charge in [-0.1, -0.05) is 12.2 Å².